The van der Waals surface area contributed by atoms with Gasteiger partial charge in [0.1, 0.15) is 18.5 Å². The molecule has 0 spiro atoms. The quantitative estimate of drug-likeness (QED) is 0.450. The lowest BCUT2D eigenvalue weighted by molar-refractivity contribution is 0.158. The number of anilines is 1. The van der Waals surface area contributed by atoms with Crippen molar-refractivity contribution in [1.29, 1.82) is 0 Å². The first-order valence-corrected chi connectivity index (χ1v) is 8.13. The summed E-state index contributed by atoms with van der Waals surface area (Å²) >= 11 is 0. The standard InChI is InChI=1S/C19H16N6O/c20-19-17-18(15-5-1-2-6-16(15)24-19)25(13-23-17)7-9-26-8-3-4-14-10-21-12-22-11-14/h1-2,5-6,10-13H,7-9H2,(H2,20,24). The monoisotopic (exact) mass is 344 g/mol. The highest BCUT2D eigenvalue weighted by Gasteiger charge is 2.11. The highest BCUT2D eigenvalue weighted by Crippen LogP contribution is 2.26. The summed E-state index contributed by atoms with van der Waals surface area (Å²) < 4.78 is 7.65. The molecule has 0 atom stereocenters. The molecule has 1 aromatic carbocycles. The maximum absolute atomic E-state index is 6.04. The fourth-order valence-corrected chi connectivity index (χ4v) is 2.76. The Morgan fingerprint density at radius 3 is 2.88 bits per heavy atom. The Morgan fingerprint density at radius 1 is 1.15 bits per heavy atom. The van der Waals surface area contributed by atoms with Crippen LogP contribution in [0.3, 0.4) is 0 Å². The number of rotatable bonds is 4. The number of nitrogens with zero attached hydrogens (tertiary/aromatic N) is 5. The SMILES string of the molecule is Nc1nc2ccccc2c2c1ncn2CCOCC#Cc1cncnc1. The largest absolute Gasteiger partial charge is 0.382 e. The zero-order valence-electron chi connectivity index (χ0n) is 14.0. The van der Waals surface area contributed by atoms with Crippen LogP contribution in [0.1, 0.15) is 5.56 Å². The molecule has 3 heterocycles. The van der Waals surface area contributed by atoms with Crippen LogP contribution in [0.5, 0.6) is 0 Å². The average molecular weight is 344 g/mol. The zero-order valence-corrected chi connectivity index (χ0v) is 14.0. The van der Waals surface area contributed by atoms with Crippen LogP contribution in [0.4, 0.5) is 5.82 Å². The fraction of sp³-hybridized carbons (Fsp3) is 0.158. The molecule has 0 saturated carbocycles. The van der Waals surface area contributed by atoms with Gasteiger partial charge in [-0.2, -0.15) is 0 Å². The number of para-hydroxylation sites is 1. The van der Waals surface area contributed by atoms with Crippen molar-refractivity contribution in [3.8, 4) is 11.8 Å². The molecule has 7 heteroatoms. The smallest absolute Gasteiger partial charge is 0.152 e. The van der Waals surface area contributed by atoms with Crippen molar-refractivity contribution in [3.05, 3.63) is 54.9 Å². The van der Waals surface area contributed by atoms with E-state index in [1.165, 1.54) is 6.33 Å². The molecule has 4 rings (SSSR count). The lowest BCUT2D eigenvalue weighted by Crippen LogP contribution is -2.06. The number of ether oxygens (including phenoxy) is 1. The normalized spacial score (nSPS) is 10.8. The zero-order chi connectivity index (χ0) is 17.8. The number of hydrogen-bond donors (Lipinski definition) is 1. The molecule has 2 N–H and O–H groups in total. The molecule has 0 unspecified atom stereocenters. The van der Waals surface area contributed by atoms with Gasteiger partial charge in [0, 0.05) is 24.3 Å². The molecule has 0 aliphatic heterocycles. The summed E-state index contributed by atoms with van der Waals surface area (Å²) in [6.07, 6.45) is 6.58. The molecule has 0 fully saturated rings. The van der Waals surface area contributed by atoms with Gasteiger partial charge in [0.05, 0.1) is 29.5 Å². The highest BCUT2D eigenvalue weighted by atomic mass is 16.5. The molecule has 128 valence electrons. The second-order valence-electron chi connectivity index (χ2n) is 5.63. The van der Waals surface area contributed by atoms with Gasteiger partial charge in [-0.15, -0.1) is 0 Å². The van der Waals surface area contributed by atoms with Crippen LogP contribution in [-0.2, 0) is 11.3 Å². The van der Waals surface area contributed by atoms with E-state index in [2.05, 4.69) is 31.8 Å². The van der Waals surface area contributed by atoms with Gasteiger partial charge in [-0.1, -0.05) is 30.0 Å². The van der Waals surface area contributed by atoms with E-state index in [4.69, 9.17) is 10.5 Å². The van der Waals surface area contributed by atoms with Crippen molar-refractivity contribution >= 4 is 27.8 Å². The number of aromatic nitrogens is 5. The number of imidazole rings is 1. The van der Waals surface area contributed by atoms with E-state index in [1.54, 1.807) is 18.7 Å². The van der Waals surface area contributed by atoms with E-state index in [0.717, 1.165) is 22.0 Å². The van der Waals surface area contributed by atoms with Crippen LogP contribution < -0.4 is 5.73 Å². The minimum Gasteiger partial charge on any atom is -0.382 e. The minimum absolute atomic E-state index is 0.339. The maximum Gasteiger partial charge on any atom is 0.152 e. The lowest BCUT2D eigenvalue weighted by Gasteiger charge is -2.07. The lowest BCUT2D eigenvalue weighted by atomic mass is 10.2. The van der Waals surface area contributed by atoms with Crippen molar-refractivity contribution in [3.63, 3.8) is 0 Å². The average Bonchev–Trinajstić information content (AvgIpc) is 3.10. The van der Waals surface area contributed by atoms with Gasteiger partial charge in [-0.3, -0.25) is 0 Å². The van der Waals surface area contributed by atoms with Gasteiger partial charge in [0.15, 0.2) is 5.82 Å². The van der Waals surface area contributed by atoms with Crippen molar-refractivity contribution in [2.75, 3.05) is 18.9 Å². The molecule has 4 aromatic rings. The Kier molecular flexibility index (Phi) is 4.41. The van der Waals surface area contributed by atoms with Crippen LogP contribution in [0.2, 0.25) is 0 Å². The molecule has 0 aliphatic rings. The molecule has 0 aliphatic carbocycles. The van der Waals surface area contributed by atoms with E-state index in [-0.39, 0.29) is 0 Å². The molecular weight excluding hydrogens is 328 g/mol. The van der Waals surface area contributed by atoms with Crippen LogP contribution in [0.15, 0.2) is 49.3 Å². The van der Waals surface area contributed by atoms with Crippen LogP contribution in [0.25, 0.3) is 21.9 Å². The Bertz CT molecular complexity index is 1110. The minimum atomic E-state index is 0.339. The summed E-state index contributed by atoms with van der Waals surface area (Å²) in [6, 6.07) is 7.90. The summed E-state index contributed by atoms with van der Waals surface area (Å²) in [6.45, 7) is 1.51. The molecule has 0 amide bonds. The van der Waals surface area contributed by atoms with Crippen LogP contribution in [-0.4, -0.2) is 37.7 Å². The predicted octanol–water partition coefficient (Wildman–Crippen LogP) is 2.02. The summed E-state index contributed by atoms with van der Waals surface area (Å²) in [7, 11) is 0. The summed E-state index contributed by atoms with van der Waals surface area (Å²) in [4.78, 5) is 16.6. The topological polar surface area (TPSA) is 91.7 Å². The molecule has 3 aromatic heterocycles. The number of pyridine rings is 1. The third kappa shape index (κ3) is 3.18. The molecule has 7 nitrogen and oxygen atoms in total. The van der Waals surface area contributed by atoms with Crippen molar-refractivity contribution < 1.29 is 4.74 Å². The van der Waals surface area contributed by atoms with Crippen molar-refractivity contribution in [1.82, 2.24) is 24.5 Å². The first kappa shape index (κ1) is 16.0. The van der Waals surface area contributed by atoms with Crippen LogP contribution in [0, 0.1) is 11.8 Å². The van der Waals surface area contributed by atoms with E-state index in [1.807, 2.05) is 28.8 Å². The Labute approximate surface area is 149 Å². The predicted molar refractivity (Wildman–Crippen MR) is 99.2 cm³/mol. The number of benzene rings is 1. The first-order valence-electron chi connectivity index (χ1n) is 8.13. The number of fused-ring (bicyclic) bond motifs is 3. The van der Waals surface area contributed by atoms with E-state index >= 15 is 0 Å². The second kappa shape index (κ2) is 7.17. The van der Waals surface area contributed by atoms with E-state index in [9.17, 15) is 0 Å². The van der Waals surface area contributed by atoms with Crippen molar-refractivity contribution in [2.24, 2.45) is 0 Å². The number of nitrogen functional groups attached to an aromatic ring is 1. The second-order valence-corrected chi connectivity index (χ2v) is 5.63. The number of hydrogen-bond acceptors (Lipinski definition) is 6. The van der Waals surface area contributed by atoms with Gasteiger partial charge in [0.2, 0.25) is 0 Å². The van der Waals surface area contributed by atoms with Gasteiger partial charge < -0.3 is 15.0 Å². The first-order chi connectivity index (χ1) is 12.8. The van der Waals surface area contributed by atoms with E-state index < -0.39 is 0 Å². The molecule has 0 saturated heterocycles. The fourth-order valence-electron chi connectivity index (χ4n) is 2.76. The maximum atomic E-state index is 6.04. The number of nitrogens with two attached hydrogens (primary N) is 1. The molecule has 26 heavy (non-hydrogen) atoms. The van der Waals surface area contributed by atoms with Crippen LogP contribution >= 0.6 is 0 Å². The van der Waals surface area contributed by atoms with Gasteiger partial charge in [-0.05, 0) is 6.07 Å². The van der Waals surface area contributed by atoms with Crippen molar-refractivity contribution in [2.45, 2.75) is 6.54 Å². The Balaban J connectivity index is 1.46. The summed E-state index contributed by atoms with van der Waals surface area (Å²) in [5, 5.41) is 1.03. The molecule has 0 radical (unpaired) electrons. The summed E-state index contributed by atoms with van der Waals surface area (Å²) in [5.41, 5.74) is 9.36. The van der Waals surface area contributed by atoms with Gasteiger partial charge in [0.25, 0.3) is 0 Å². The molecule has 0 bridgehead atoms. The van der Waals surface area contributed by atoms with Gasteiger partial charge in [-0.25, -0.2) is 19.9 Å². The van der Waals surface area contributed by atoms with E-state index in [0.29, 0.717) is 31.1 Å². The Hall–Kier alpha value is -3.50. The third-order valence-corrected chi connectivity index (χ3v) is 3.92. The Morgan fingerprint density at radius 2 is 2.00 bits per heavy atom. The summed E-state index contributed by atoms with van der Waals surface area (Å²) in [5.74, 6) is 6.35. The molecular formula is C19H16N6O. The highest BCUT2D eigenvalue weighted by molar-refractivity contribution is 6.06. The third-order valence-electron chi connectivity index (χ3n) is 3.92. The van der Waals surface area contributed by atoms with Gasteiger partial charge >= 0.3 is 0 Å².